The number of nitrogens with zero attached hydrogens (tertiary/aromatic N) is 2. The van der Waals surface area contributed by atoms with Crippen molar-refractivity contribution in [2.75, 3.05) is 6.54 Å². The number of amides is 1. The third kappa shape index (κ3) is 6.29. The number of hydrogen-bond donors (Lipinski definition) is 2. The van der Waals surface area contributed by atoms with E-state index in [1.165, 1.54) is 41.5 Å². The van der Waals surface area contributed by atoms with E-state index in [4.69, 9.17) is 4.42 Å². The second-order valence-electron chi connectivity index (χ2n) is 8.89. The molecule has 0 fully saturated rings. The van der Waals surface area contributed by atoms with Crippen LogP contribution in [0.5, 0.6) is 0 Å². The highest BCUT2D eigenvalue weighted by molar-refractivity contribution is 5.91. The smallest absolute Gasteiger partial charge is 0.273 e. The van der Waals surface area contributed by atoms with Crippen molar-refractivity contribution < 1.29 is 18.0 Å². The number of hydrogen-bond acceptors (Lipinski definition) is 4. The van der Waals surface area contributed by atoms with E-state index in [9.17, 15) is 13.6 Å². The highest BCUT2D eigenvalue weighted by Crippen LogP contribution is 2.20. The number of H-pyrrole nitrogens is 1. The Kier molecular flexibility index (Phi) is 7.37. The third-order valence-corrected chi connectivity index (χ3v) is 6.18. The van der Waals surface area contributed by atoms with E-state index in [0.29, 0.717) is 25.5 Å². The van der Waals surface area contributed by atoms with Gasteiger partial charge in [-0.05, 0) is 53.4 Å². The molecule has 0 saturated heterocycles. The normalized spacial score (nSPS) is 11.3. The lowest BCUT2D eigenvalue weighted by Gasteiger charge is -2.21. The van der Waals surface area contributed by atoms with Gasteiger partial charge in [-0.2, -0.15) is 0 Å². The van der Waals surface area contributed by atoms with E-state index >= 15 is 0 Å². The van der Waals surface area contributed by atoms with Gasteiger partial charge in [0, 0.05) is 36.7 Å². The van der Waals surface area contributed by atoms with Crippen LogP contribution in [0.15, 0.2) is 89.7 Å². The zero-order valence-corrected chi connectivity index (χ0v) is 20.1. The van der Waals surface area contributed by atoms with Crippen molar-refractivity contribution >= 4 is 16.8 Å². The van der Waals surface area contributed by atoms with Crippen molar-refractivity contribution in [1.29, 1.82) is 0 Å². The number of benzene rings is 3. The molecule has 1 amide bonds. The average molecular weight is 501 g/mol. The summed E-state index contributed by atoms with van der Waals surface area (Å²) in [5, 5.41) is 3.94. The molecule has 0 aliphatic carbocycles. The number of carbonyl (C=O) groups is 1. The molecule has 5 rings (SSSR count). The third-order valence-electron chi connectivity index (χ3n) is 6.18. The molecule has 2 aromatic heterocycles. The largest absolute Gasteiger partial charge is 0.447 e. The Hall–Kier alpha value is -4.30. The molecule has 3 aromatic carbocycles. The Balaban J connectivity index is 1.26. The Morgan fingerprint density at radius 2 is 1.78 bits per heavy atom. The van der Waals surface area contributed by atoms with Gasteiger partial charge in [-0.3, -0.25) is 9.69 Å². The van der Waals surface area contributed by atoms with E-state index < -0.39 is 0 Å². The van der Waals surface area contributed by atoms with Crippen LogP contribution in [0.3, 0.4) is 0 Å². The molecule has 0 bridgehead atoms. The van der Waals surface area contributed by atoms with Crippen LogP contribution in [-0.4, -0.2) is 27.3 Å². The number of fused-ring (bicyclic) bond motifs is 1. The highest BCUT2D eigenvalue weighted by Gasteiger charge is 2.16. The zero-order chi connectivity index (χ0) is 25.6. The van der Waals surface area contributed by atoms with Crippen molar-refractivity contribution in [3.8, 4) is 0 Å². The summed E-state index contributed by atoms with van der Waals surface area (Å²) in [6.07, 6.45) is 4.11. The van der Waals surface area contributed by atoms with Gasteiger partial charge in [-0.15, -0.1) is 0 Å². The summed E-state index contributed by atoms with van der Waals surface area (Å²) in [6, 6.07) is 20.6. The fourth-order valence-corrected chi connectivity index (χ4v) is 4.28. The van der Waals surface area contributed by atoms with Gasteiger partial charge in [0.25, 0.3) is 5.91 Å². The number of aromatic nitrogens is 2. The van der Waals surface area contributed by atoms with Gasteiger partial charge in [0.05, 0.1) is 6.54 Å². The van der Waals surface area contributed by atoms with E-state index in [1.807, 2.05) is 30.5 Å². The molecule has 0 spiro atoms. The van der Waals surface area contributed by atoms with Crippen molar-refractivity contribution in [2.24, 2.45) is 0 Å². The predicted octanol–water partition coefficient (Wildman–Crippen LogP) is 5.61. The van der Waals surface area contributed by atoms with Crippen molar-refractivity contribution in [1.82, 2.24) is 20.2 Å². The van der Waals surface area contributed by atoms with E-state index in [1.54, 1.807) is 18.2 Å². The average Bonchev–Trinajstić information content (AvgIpc) is 3.54. The van der Waals surface area contributed by atoms with E-state index in [0.717, 1.165) is 23.1 Å². The van der Waals surface area contributed by atoms with Gasteiger partial charge in [0.15, 0.2) is 5.69 Å². The van der Waals surface area contributed by atoms with Crippen LogP contribution in [0, 0.1) is 11.6 Å². The van der Waals surface area contributed by atoms with Gasteiger partial charge in [-0.1, -0.05) is 42.5 Å². The maximum Gasteiger partial charge on any atom is 0.273 e. The number of carbonyl (C=O) groups excluding carboxylic acids is 1. The molecule has 188 valence electrons. The van der Waals surface area contributed by atoms with Crippen LogP contribution < -0.4 is 5.32 Å². The van der Waals surface area contributed by atoms with E-state index in [2.05, 4.69) is 26.3 Å². The lowest BCUT2D eigenvalue weighted by atomic mass is 10.1. The van der Waals surface area contributed by atoms with Gasteiger partial charge in [0.2, 0.25) is 5.89 Å². The first-order chi connectivity index (χ1) is 18.0. The maximum atomic E-state index is 13.8. The van der Waals surface area contributed by atoms with Crippen LogP contribution in [0.4, 0.5) is 8.78 Å². The Labute approximate surface area is 212 Å². The molecular weight excluding hydrogens is 474 g/mol. The lowest BCUT2D eigenvalue weighted by molar-refractivity contribution is 0.0945. The molecule has 6 nitrogen and oxygen atoms in total. The summed E-state index contributed by atoms with van der Waals surface area (Å²) in [7, 11) is 0. The summed E-state index contributed by atoms with van der Waals surface area (Å²) >= 11 is 0. The number of oxazole rings is 1. The summed E-state index contributed by atoms with van der Waals surface area (Å²) in [5.41, 5.74) is 4.05. The van der Waals surface area contributed by atoms with Crippen LogP contribution in [-0.2, 0) is 26.1 Å². The molecule has 0 unspecified atom stereocenters. The molecule has 0 radical (unpaired) electrons. The fraction of sp³-hybridized carbons (Fsp3) is 0.172. The quantitative estimate of drug-likeness (QED) is 0.262. The summed E-state index contributed by atoms with van der Waals surface area (Å²) in [6.45, 7) is 1.77. The van der Waals surface area contributed by atoms with Crippen LogP contribution >= 0.6 is 0 Å². The number of rotatable bonds is 10. The predicted molar refractivity (Wildman–Crippen MR) is 137 cm³/mol. The zero-order valence-electron chi connectivity index (χ0n) is 20.1. The minimum Gasteiger partial charge on any atom is -0.447 e. The fourth-order valence-electron chi connectivity index (χ4n) is 4.28. The lowest BCUT2D eigenvalue weighted by Crippen LogP contribution is -2.26. The van der Waals surface area contributed by atoms with Crippen LogP contribution in [0.2, 0.25) is 0 Å². The number of nitrogens with one attached hydrogen (secondary N) is 2. The monoisotopic (exact) mass is 500 g/mol. The second kappa shape index (κ2) is 11.2. The topological polar surface area (TPSA) is 74.2 Å². The number of para-hydroxylation sites is 1. The standard InChI is InChI=1S/C29H26F2N4O2/c30-23-10-8-20(9-11-23)15-33-29(36)27-19-37-28(34-27)18-35(17-21-4-3-5-24(31)14-21)13-12-22-16-32-26-7-2-1-6-25(22)26/h1-11,14,16,19,32H,12-13,15,17-18H2,(H,33,36). The van der Waals surface area contributed by atoms with Crippen molar-refractivity contribution in [3.63, 3.8) is 0 Å². The molecular formula is C29H26F2N4O2. The molecule has 8 heteroatoms. The molecule has 2 N–H and O–H groups in total. The molecule has 0 atom stereocenters. The van der Waals surface area contributed by atoms with Gasteiger partial charge >= 0.3 is 0 Å². The highest BCUT2D eigenvalue weighted by atomic mass is 19.1. The first-order valence-corrected chi connectivity index (χ1v) is 12.0. The van der Waals surface area contributed by atoms with Crippen LogP contribution in [0.1, 0.15) is 33.1 Å². The Bertz CT molecular complexity index is 1490. The molecule has 0 aliphatic heterocycles. The summed E-state index contributed by atoms with van der Waals surface area (Å²) in [5.74, 6) is -0.605. The van der Waals surface area contributed by atoms with Gasteiger partial charge in [-0.25, -0.2) is 13.8 Å². The molecule has 2 heterocycles. The second-order valence-corrected chi connectivity index (χ2v) is 8.89. The molecule has 0 saturated carbocycles. The van der Waals surface area contributed by atoms with Crippen molar-refractivity contribution in [2.45, 2.75) is 26.1 Å². The van der Waals surface area contributed by atoms with Gasteiger partial charge in [0.1, 0.15) is 17.9 Å². The first kappa shape index (κ1) is 24.4. The van der Waals surface area contributed by atoms with Crippen molar-refractivity contribution in [3.05, 3.63) is 125 Å². The number of halogens is 2. The minimum absolute atomic E-state index is 0.166. The first-order valence-electron chi connectivity index (χ1n) is 12.0. The molecule has 37 heavy (non-hydrogen) atoms. The van der Waals surface area contributed by atoms with Crippen LogP contribution in [0.25, 0.3) is 10.9 Å². The molecule has 0 aliphatic rings. The van der Waals surface area contributed by atoms with Gasteiger partial charge < -0.3 is 14.7 Å². The summed E-state index contributed by atoms with van der Waals surface area (Å²) < 4.78 is 32.5. The van der Waals surface area contributed by atoms with E-state index in [-0.39, 0.29) is 29.8 Å². The Morgan fingerprint density at radius 3 is 2.62 bits per heavy atom. The Morgan fingerprint density at radius 1 is 0.946 bits per heavy atom. The molecule has 5 aromatic rings. The number of aromatic amines is 1. The summed E-state index contributed by atoms with van der Waals surface area (Å²) in [4.78, 5) is 22.3. The SMILES string of the molecule is O=C(NCc1ccc(F)cc1)c1coc(CN(CCc2c[nH]c3ccccc23)Cc2cccc(F)c2)n1. The minimum atomic E-state index is -0.380. The maximum absolute atomic E-state index is 13.8.